The van der Waals surface area contributed by atoms with Crippen LogP contribution < -0.4 is 5.32 Å². The topological polar surface area (TPSA) is 66.5 Å². The van der Waals surface area contributed by atoms with Crippen LogP contribution in [0.25, 0.3) is 0 Å². The Morgan fingerprint density at radius 2 is 1.93 bits per heavy atom. The van der Waals surface area contributed by atoms with Crippen molar-refractivity contribution in [2.45, 2.75) is 17.7 Å². The van der Waals surface area contributed by atoms with Crippen molar-refractivity contribution in [3.63, 3.8) is 0 Å². The van der Waals surface area contributed by atoms with Crippen LogP contribution in [0.1, 0.15) is 12.8 Å². The van der Waals surface area contributed by atoms with Crippen molar-refractivity contribution in [3.8, 4) is 0 Å². The van der Waals surface area contributed by atoms with Gasteiger partial charge in [-0.1, -0.05) is 35.3 Å². The minimum atomic E-state index is -3.90. The smallest absolute Gasteiger partial charge is 0.244 e. The Morgan fingerprint density at radius 1 is 1.19 bits per heavy atom. The second kappa shape index (κ2) is 8.14. The van der Waals surface area contributed by atoms with Gasteiger partial charge in [0.1, 0.15) is 10.7 Å². The first-order valence-electron chi connectivity index (χ1n) is 8.29. The molecule has 0 aliphatic carbocycles. The third-order valence-electron chi connectivity index (χ3n) is 4.40. The molecule has 0 saturated carbocycles. The number of para-hydroxylation sites is 1. The van der Waals surface area contributed by atoms with Crippen molar-refractivity contribution < 1.29 is 17.6 Å². The number of hydrogen-bond donors (Lipinski definition) is 1. The number of carbonyl (C=O) groups excluding carboxylic acids is 1. The maximum Gasteiger partial charge on any atom is 0.244 e. The minimum Gasteiger partial charge on any atom is -0.323 e. The third kappa shape index (κ3) is 4.43. The van der Waals surface area contributed by atoms with Crippen LogP contribution in [0.5, 0.6) is 0 Å². The van der Waals surface area contributed by atoms with Crippen LogP contribution in [0.15, 0.2) is 47.4 Å². The first-order valence-corrected chi connectivity index (χ1v) is 10.5. The molecule has 0 aromatic heterocycles. The van der Waals surface area contributed by atoms with Gasteiger partial charge in [-0.2, -0.15) is 4.31 Å². The minimum absolute atomic E-state index is 0.00847. The van der Waals surface area contributed by atoms with Crippen molar-refractivity contribution in [1.29, 1.82) is 0 Å². The highest BCUT2D eigenvalue weighted by Gasteiger charge is 2.34. The van der Waals surface area contributed by atoms with Crippen molar-refractivity contribution in [2.75, 3.05) is 18.4 Å². The molecule has 0 bridgehead atoms. The summed E-state index contributed by atoms with van der Waals surface area (Å²) in [4.78, 5) is 12.4. The summed E-state index contributed by atoms with van der Waals surface area (Å²) >= 11 is 11.9. The molecule has 1 aliphatic heterocycles. The van der Waals surface area contributed by atoms with Gasteiger partial charge in [-0.05, 0) is 43.2 Å². The van der Waals surface area contributed by atoms with E-state index in [0.717, 1.165) is 0 Å². The molecule has 144 valence electrons. The van der Waals surface area contributed by atoms with Gasteiger partial charge in [-0.3, -0.25) is 4.79 Å². The van der Waals surface area contributed by atoms with E-state index in [1.54, 1.807) is 6.07 Å². The Morgan fingerprint density at radius 3 is 2.67 bits per heavy atom. The standard InChI is InChI=1S/C18H17Cl2FN2O3S/c19-13-7-8-14(20)17(10-13)27(25,26)23-9-3-4-12(11-23)18(24)22-16-6-2-1-5-15(16)21/h1-2,5-8,10,12H,3-4,9,11H2,(H,22,24)/t12-/m0/s1. The monoisotopic (exact) mass is 430 g/mol. The Hall–Kier alpha value is -1.67. The maximum atomic E-state index is 13.7. The first kappa shape index (κ1) is 20.1. The molecule has 27 heavy (non-hydrogen) atoms. The Labute approximate surface area is 167 Å². The van der Waals surface area contributed by atoms with Gasteiger partial charge in [-0.15, -0.1) is 0 Å². The fourth-order valence-corrected chi connectivity index (χ4v) is 5.25. The fourth-order valence-electron chi connectivity index (χ4n) is 2.99. The van der Waals surface area contributed by atoms with E-state index in [2.05, 4.69) is 5.32 Å². The molecule has 5 nitrogen and oxygen atoms in total. The number of piperidine rings is 1. The van der Waals surface area contributed by atoms with Gasteiger partial charge < -0.3 is 5.32 Å². The first-order chi connectivity index (χ1) is 12.8. The van der Waals surface area contributed by atoms with E-state index in [9.17, 15) is 17.6 Å². The van der Waals surface area contributed by atoms with Crippen LogP contribution in [0, 0.1) is 11.7 Å². The number of nitrogens with zero attached hydrogens (tertiary/aromatic N) is 1. The van der Waals surface area contributed by atoms with Gasteiger partial charge in [0.15, 0.2) is 0 Å². The van der Waals surface area contributed by atoms with E-state index in [1.807, 2.05) is 0 Å². The van der Waals surface area contributed by atoms with Crippen molar-refractivity contribution in [3.05, 3.63) is 58.3 Å². The molecule has 1 atom stereocenters. The molecule has 9 heteroatoms. The Balaban J connectivity index is 1.78. The molecule has 0 spiro atoms. The van der Waals surface area contributed by atoms with Gasteiger partial charge in [0.25, 0.3) is 0 Å². The molecule has 2 aromatic carbocycles. The van der Waals surface area contributed by atoms with Crippen molar-refractivity contribution in [2.24, 2.45) is 5.92 Å². The molecule has 3 rings (SSSR count). The number of anilines is 1. The number of hydrogen-bond acceptors (Lipinski definition) is 3. The molecule has 0 unspecified atom stereocenters. The molecule has 0 radical (unpaired) electrons. The summed E-state index contributed by atoms with van der Waals surface area (Å²) in [7, 11) is -3.90. The van der Waals surface area contributed by atoms with Gasteiger partial charge in [-0.25, -0.2) is 12.8 Å². The summed E-state index contributed by atoms with van der Waals surface area (Å²) in [6, 6.07) is 10.0. The molecule has 1 amide bonds. The molecule has 1 aliphatic rings. The lowest BCUT2D eigenvalue weighted by Gasteiger charge is -2.31. The van der Waals surface area contributed by atoms with Crippen molar-refractivity contribution >= 4 is 44.8 Å². The number of rotatable bonds is 4. The fraction of sp³-hybridized carbons (Fsp3) is 0.278. The summed E-state index contributed by atoms with van der Waals surface area (Å²) in [5.41, 5.74) is 0.0698. The number of sulfonamides is 1. The predicted molar refractivity (Wildman–Crippen MR) is 103 cm³/mol. The highest BCUT2D eigenvalue weighted by Crippen LogP contribution is 2.30. The maximum absolute atomic E-state index is 13.7. The molecule has 1 N–H and O–H groups in total. The average molecular weight is 431 g/mol. The zero-order valence-electron chi connectivity index (χ0n) is 14.2. The summed E-state index contributed by atoms with van der Waals surface area (Å²) in [6.07, 6.45) is 1.02. The highest BCUT2D eigenvalue weighted by molar-refractivity contribution is 7.89. The second-order valence-corrected chi connectivity index (χ2v) is 9.00. The van der Waals surface area contributed by atoms with E-state index in [4.69, 9.17) is 23.2 Å². The van der Waals surface area contributed by atoms with Crippen LogP contribution in [-0.4, -0.2) is 31.7 Å². The van der Waals surface area contributed by atoms with Gasteiger partial charge >= 0.3 is 0 Å². The summed E-state index contributed by atoms with van der Waals surface area (Å²) < 4.78 is 40.8. The van der Waals surface area contributed by atoms with Gasteiger partial charge in [0, 0.05) is 18.1 Å². The zero-order valence-corrected chi connectivity index (χ0v) is 16.5. The van der Waals surface area contributed by atoms with E-state index < -0.39 is 27.7 Å². The van der Waals surface area contributed by atoms with Crippen LogP contribution in [0.2, 0.25) is 10.0 Å². The molecule has 2 aromatic rings. The van der Waals surface area contributed by atoms with Crippen molar-refractivity contribution in [1.82, 2.24) is 4.31 Å². The van der Waals surface area contributed by atoms with E-state index in [1.165, 1.54) is 40.7 Å². The van der Waals surface area contributed by atoms with Crippen LogP contribution in [-0.2, 0) is 14.8 Å². The average Bonchev–Trinajstić information content (AvgIpc) is 2.65. The lowest BCUT2D eigenvalue weighted by Crippen LogP contribution is -2.43. The summed E-state index contributed by atoms with van der Waals surface area (Å²) in [6.45, 7) is 0.264. The second-order valence-electron chi connectivity index (χ2n) is 6.25. The van der Waals surface area contributed by atoms with Crippen LogP contribution in [0.4, 0.5) is 10.1 Å². The number of halogens is 3. The SMILES string of the molecule is O=C(Nc1ccccc1F)[C@H]1CCCN(S(=O)(=O)c2cc(Cl)ccc2Cl)C1. The number of nitrogens with one attached hydrogen (secondary N) is 1. The van der Waals surface area contributed by atoms with Crippen LogP contribution >= 0.6 is 23.2 Å². The lowest BCUT2D eigenvalue weighted by atomic mass is 9.98. The molecular formula is C18H17Cl2FN2O3S. The molecular weight excluding hydrogens is 414 g/mol. The summed E-state index contributed by atoms with van der Waals surface area (Å²) in [5, 5.41) is 2.85. The predicted octanol–water partition coefficient (Wildman–Crippen LogP) is 4.17. The Kier molecular flexibility index (Phi) is 6.05. The quantitative estimate of drug-likeness (QED) is 0.790. The molecule has 1 saturated heterocycles. The van der Waals surface area contributed by atoms with E-state index in [-0.39, 0.29) is 33.7 Å². The Bertz CT molecular complexity index is 969. The van der Waals surface area contributed by atoms with Gasteiger partial charge in [0.2, 0.25) is 15.9 Å². The lowest BCUT2D eigenvalue weighted by molar-refractivity contribution is -0.120. The van der Waals surface area contributed by atoms with Gasteiger partial charge in [0.05, 0.1) is 16.6 Å². The normalized spacial score (nSPS) is 18.3. The van der Waals surface area contributed by atoms with Crippen LogP contribution in [0.3, 0.4) is 0 Å². The van der Waals surface area contributed by atoms with E-state index in [0.29, 0.717) is 12.8 Å². The third-order valence-corrected chi connectivity index (χ3v) is 6.98. The zero-order chi connectivity index (χ0) is 19.6. The highest BCUT2D eigenvalue weighted by atomic mass is 35.5. The molecule has 1 heterocycles. The molecule has 1 fully saturated rings. The summed E-state index contributed by atoms with van der Waals surface area (Å²) in [5.74, 6) is -1.56. The van der Waals surface area contributed by atoms with E-state index >= 15 is 0 Å². The largest absolute Gasteiger partial charge is 0.323 e. The number of carbonyl (C=O) groups is 1. The number of amides is 1. The number of benzene rings is 2.